The van der Waals surface area contributed by atoms with Gasteiger partial charge in [-0.1, -0.05) is 12.8 Å². The van der Waals surface area contributed by atoms with Crippen molar-refractivity contribution in [2.75, 3.05) is 5.73 Å². The third-order valence-corrected chi connectivity index (χ3v) is 3.69. The highest BCUT2D eigenvalue weighted by Crippen LogP contribution is 2.33. The summed E-state index contributed by atoms with van der Waals surface area (Å²) in [4.78, 5) is 23.1. The standard InChI is InChI=1S/C14H17FN2O3/c15-10-7-9(3-4-11(10)16)13(20)17-14(8-12(18)19)5-1-2-6-14/h3-4,7H,1-2,5-6,8,16H2,(H,17,20)(H,18,19). The smallest absolute Gasteiger partial charge is 0.305 e. The molecule has 0 bridgehead atoms. The van der Waals surface area contributed by atoms with Crippen molar-refractivity contribution >= 4 is 17.6 Å². The molecule has 2 rings (SSSR count). The molecule has 0 aromatic heterocycles. The van der Waals surface area contributed by atoms with Crippen LogP contribution in [-0.4, -0.2) is 22.5 Å². The van der Waals surface area contributed by atoms with Crippen LogP contribution in [-0.2, 0) is 4.79 Å². The van der Waals surface area contributed by atoms with Gasteiger partial charge in [0, 0.05) is 5.56 Å². The Bertz CT molecular complexity index is 539. The van der Waals surface area contributed by atoms with E-state index in [-0.39, 0.29) is 17.7 Å². The van der Waals surface area contributed by atoms with Crippen LogP contribution in [0.25, 0.3) is 0 Å². The van der Waals surface area contributed by atoms with Crippen molar-refractivity contribution in [3.8, 4) is 0 Å². The number of carboxylic acid groups (broad SMARTS) is 1. The van der Waals surface area contributed by atoms with Crippen LogP contribution in [0.4, 0.5) is 10.1 Å². The SMILES string of the molecule is Nc1ccc(C(=O)NC2(CC(=O)O)CCCC2)cc1F. The topological polar surface area (TPSA) is 92.4 Å². The summed E-state index contributed by atoms with van der Waals surface area (Å²) >= 11 is 0. The molecule has 0 saturated heterocycles. The van der Waals surface area contributed by atoms with E-state index in [9.17, 15) is 14.0 Å². The normalized spacial score (nSPS) is 16.9. The monoisotopic (exact) mass is 280 g/mol. The summed E-state index contributed by atoms with van der Waals surface area (Å²) in [5, 5.41) is 11.7. The van der Waals surface area contributed by atoms with E-state index in [1.54, 1.807) is 0 Å². The molecule has 1 aromatic rings. The number of carbonyl (C=O) groups excluding carboxylic acids is 1. The van der Waals surface area contributed by atoms with Gasteiger partial charge in [0.15, 0.2) is 0 Å². The molecule has 108 valence electrons. The molecule has 1 saturated carbocycles. The van der Waals surface area contributed by atoms with Crippen LogP contribution in [0.2, 0.25) is 0 Å². The van der Waals surface area contributed by atoms with Gasteiger partial charge in [0.25, 0.3) is 5.91 Å². The van der Waals surface area contributed by atoms with E-state index in [2.05, 4.69) is 5.32 Å². The summed E-state index contributed by atoms with van der Waals surface area (Å²) < 4.78 is 13.4. The minimum Gasteiger partial charge on any atom is -0.481 e. The molecule has 1 fully saturated rings. The number of benzene rings is 1. The van der Waals surface area contributed by atoms with Crippen molar-refractivity contribution in [1.82, 2.24) is 5.32 Å². The first-order chi connectivity index (χ1) is 9.42. The van der Waals surface area contributed by atoms with Crippen LogP contribution >= 0.6 is 0 Å². The Kier molecular flexibility index (Phi) is 3.92. The third kappa shape index (κ3) is 3.07. The summed E-state index contributed by atoms with van der Waals surface area (Å²) in [6.07, 6.45) is 2.90. The number of nitrogens with one attached hydrogen (secondary N) is 1. The van der Waals surface area contributed by atoms with Gasteiger partial charge in [0.05, 0.1) is 17.6 Å². The third-order valence-electron chi connectivity index (χ3n) is 3.69. The molecular formula is C14H17FN2O3. The van der Waals surface area contributed by atoms with Gasteiger partial charge < -0.3 is 16.2 Å². The zero-order chi connectivity index (χ0) is 14.8. The summed E-state index contributed by atoms with van der Waals surface area (Å²) in [6, 6.07) is 3.81. The fourth-order valence-electron chi connectivity index (χ4n) is 2.67. The summed E-state index contributed by atoms with van der Waals surface area (Å²) in [5.74, 6) is -2.07. The number of nitrogens with two attached hydrogens (primary N) is 1. The molecule has 0 heterocycles. The molecule has 1 amide bonds. The van der Waals surface area contributed by atoms with Crippen LogP contribution in [0.1, 0.15) is 42.5 Å². The van der Waals surface area contributed by atoms with Crippen LogP contribution in [0.5, 0.6) is 0 Å². The maximum Gasteiger partial charge on any atom is 0.305 e. The molecule has 1 aliphatic carbocycles. The fraction of sp³-hybridized carbons (Fsp3) is 0.429. The number of rotatable bonds is 4. The molecule has 20 heavy (non-hydrogen) atoms. The highest BCUT2D eigenvalue weighted by atomic mass is 19.1. The van der Waals surface area contributed by atoms with Gasteiger partial charge in [0.2, 0.25) is 0 Å². The summed E-state index contributed by atoms with van der Waals surface area (Å²) in [5.41, 5.74) is 4.76. The quantitative estimate of drug-likeness (QED) is 0.735. The lowest BCUT2D eigenvalue weighted by molar-refractivity contribution is -0.138. The number of hydrogen-bond donors (Lipinski definition) is 3. The molecule has 0 atom stereocenters. The van der Waals surface area contributed by atoms with Crippen LogP contribution in [0.3, 0.4) is 0 Å². The largest absolute Gasteiger partial charge is 0.481 e. The van der Waals surface area contributed by atoms with Crippen molar-refractivity contribution in [2.45, 2.75) is 37.6 Å². The maximum absolute atomic E-state index is 13.4. The number of amides is 1. The highest BCUT2D eigenvalue weighted by molar-refractivity contribution is 5.95. The van der Waals surface area contributed by atoms with Gasteiger partial charge >= 0.3 is 5.97 Å². The average Bonchev–Trinajstić information content (AvgIpc) is 2.79. The first kappa shape index (κ1) is 14.3. The summed E-state index contributed by atoms with van der Waals surface area (Å²) in [6.45, 7) is 0. The first-order valence-corrected chi connectivity index (χ1v) is 6.51. The molecule has 0 unspecified atom stereocenters. The molecular weight excluding hydrogens is 263 g/mol. The average molecular weight is 280 g/mol. The summed E-state index contributed by atoms with van der Waals surface area (Å²) in [7, 11) is 0. The van der Waals surface area contributed by atoms with Crippen molar-refractivity contribution in [1.29, 1.82) is 0 Å². The van der Waals surface area contributed by atoms with Crippen LogP contribution < -0.4 is 11.1 Å². The lowest BCUT2D eigenvalue weighted by Crippen LogP contribution is -2.47. The molecule has 0 aliphatic heterocycles. The predicted octanol–water partition coefficient (Wildman–Crippen LogP) is 1.93. The zero-order valence-corrected chi connectivity index (χ0v) is 11.0. The van der Waals surface area contributed by atoms with Gasteiger partial charge in [-0.05, 0) is 31.0 Å². The van der Waals surface area contributed by atoms with Gasteiger partial charge in [0.1, 0.15) is 5.82 Å². The minimum absolute atomic E-state index is 0.0253. The van der Waals surface area contributed by atoms with Crippen molar-refractivity contribution in [3.63, 3.8) is 0 Å². The molecule has 6 heteroatoms. The van der Waals surface area contributed by atoms with Crippen LogP contribution in [0, 0.1) is 5.82 Å². The van der Waals surface area contributed by atoms with E-state index in [1.807, 2.05) is 0 Å². The molecule has 1 aliphatic rings. The lowest BCUT2D eigenvalue weighted by atomic mass is 9.92. The Labute approximate surface area is 116 Å². The van der Waals surface area contributed by atoms with E-state index in [1.165, 1.54) is 12.1 Å². The maximum atomic E-state index is 13.4. The predicted molar refractivity (Wildman–Crippen MR) is 71.7 cm³/mol. The second kappa shape index (κ2) is 5.48. The number of carboxylic acids is 1. The number of halogens is 1. The van der Waals surface area contributed by atoms with Crippen LogP contribution in [0.15, 0.2) is 18.2 Å². The van der Waals surface area contributed by atoms with Gasteiger partial charge in [-0.15, -0.1) is 0 Å². The van der Waals surface area contributed by atoms with E-state index < -0.39 is 23.2 Å². The number of anilines is 1. The Morgan fingerprint density at radius 2 is 2.00 bits per heavy atom. The molecule has 1 aromatic carbocycles. The fourth-order valence-corrected chi connectivity index (χ4v) is 2.67. The Balaban J connectivity index is 2.16. The van der Waals surface area contributed by atoms with Crippen molar-refractivity contribution < 1.29 is 19.1 Å². The van der Waals surface area contributed by atoms with E-state index >= 15 is 0 Å². The Morgan fingerprint density at radius 3 is 2.55 bits per heavy atom. The Hall–Kier alpha value is -2.11. The van der Waals surface area contributed by atoms with Crippen molar-refractivity contribution in [2.24, 2.45) is 0 Å². The van der Waals surface area contributed by atoms with Gasteiger partial charge in [-0.2, -0.15) is 0 Å². The van der Waals surface area contributed by atoms with E-state index in [4.69, 9.17) is 10.8 Å². The Morgan fingerprint density at radius 1 is 1.35 bits per heavy atom. The molecule has 4 N–H and O–H groups in total. The minimum atomic E-state index is -0.948. The van der Waals surface area contributed by atoms with Gasteiger partial charge in [-0.25, -0.2) is 4.39 Å². The molecule has 0 spiro atoms. The molecule has 5 nitrogen and oxygen atoms in total. The van der Waals surface area contributed by atoms with E-state index in [0.29, 0.717) is 12.8 Å². The zero-order valence-electron chi connectivity index (χ0n) is 11.0. The van der Waals surface area contributed by atoms with Gasteiger partial charge in [-0.3, -0.25) is 9.59 Å². The number of nitrogen functional groups attached to an aromatic ring is 1. The number of hydrogen-bond acceptors (Lipinski definition) is 3. The number of carbonyl (C=O) groups is 2. The second-order valence-corrected chi connectivity index (χ2v) is 5.25. The number of aliphatic carboxylic acids is 1. The lowest BCUT2D eigenvalue weighted by Gasteiger charge is -2.28. The molecule has 0 radical (unpaired) electrons. The van der Waals surface area contributed by atoms with E-state index in [0.717, 1.165) is 18.9 Å². The van der Waals surface area contributed by atoms with Crippen molar-refractivity contribution in [3.05, 3.63) is 29.6 Å². The second-order valence-electron chi connectivity index (χ2n) is 5.25. The highest BCUT2D eigenvalue weighted by Gasteiger charge is 2.37. The first-order valence-electron chi connectivity index (χ1n) is 6.51.